The van der Waals surface area contributed by atoms with E-state index in [1.807, 2.05) is 11.8 Å². The molecule has 0 saturated carbocycles. The highest BCUT2D eigenvalue weighted by Crippen LogP contribution is 2.22. The van der Waals surface area contributed by atoms with Crippen LogP contribution in [0, 0.1) is 5.92 Å². The summed E-state index contributed by atoms with van der Waals surface area (Å²) in [5.41, 5.74) is 0. The van der Waals surface area contributed by atoms with Crippen molar-refractivity contribution in [1.29, 1.82) is 0 Å². The third-order valence-electron chi connectivity index (χ3n) is 3.15. The topological polar surface area (TPSA) is 75.5 Å². The zero-order valence-corrected chi connectivity index (χ0v) is 11.1. The predicted molar refractivity (Wildman–Crippen MR) is 70.4 cm³/mol. The fraction of sp³-hybridized carbons (Fsp3) is 0.615. The Morgan fingerprint density at radius 1 is 1.58 bits per heavy atom. The fourth-order valence-corrected chi connectivity index (χ4v) is 2.15. The first-order valence-corrected chi connectivity index (χ1v) is 6.63. The summed E-state index contributed by atoms with van der Waals surface area (Å²) in [6.07, 6.45) is 5.74. The minimum absolute atomic E-state index is 0.323. The van der Waals surface area contributed by atoms with Crippen LogP contribution in [0.25, 0.3) is 0 Å². The third-order valence-corrected chi connectivity index (χ3v) is 3.15. The van der Waals surface area contributed by atoms with E-state index < -0.39 is 5.97 Å². The second-order valence-electron chi connectivity index (χ2n) is 4.69. The molecule has 1 saturated heterocycles. The number of carboxylic acids is 1. The summed E-state index contributed by atoms with van der Waals surface area (Å²) in [6.45, 7) is 3.94. The number of aromatic nitrogens is 2. The first-order valence-electron chi connectivity index (χ1n) is 6.63. The zero-order valence-electron chi connectivity index (χ0n) is 11.1. The van der Waals surface area contributed by atoms with Crippen molar-refractivity contribution in [3.8, 4) is 5.88 Å². The number of nitrogens with zero attached hydrogens (tertiary/aromatic N) is 3. The molecule has 1 fully saturated rings. The standard InChI is InChI=1S/C13H19N3O3/c1-2-6-19-12-8-14-7-11(15-12)16-5-3-4-10(9-16)13(17)18/h7-8,10H,2-6,9H2,1H3,(H,17,18). The van der Waals surface area contributed by atoms with Crippen molar-refractivity contribution in [2.24, 2.45) is 5.92 Å². The van der Waals surface area contributed by atoms with E-state index in [0.717, 1.165) is 25.8 Å². The predicted octanol–water partition coefficient (Wildman–Crippen LogP) is 1.57. The molecule has 1 aliphatic rings. The average Bonchev–Trinajstić information content (AvgIpc) is 2.45. The number of carboxylic acid groups (broad SMARTS) is 1. The number of ether oxygens (including phenoxy) is 1. The van der Waals surface area contributed by atoms with E-state index in [0.29, 0.717) is 24.8 Å². The van der Waals surface area contributed by atoms with E-state index in [4.69, 9.17) is 9.84 Å². The molecule has 0 aromatic carbocycles. The molecule has 6 nitrogen and oxygen atoms in total. The first-order chi connectivity index (χ1) is 9.20. The number of anilines is 1. The second kappa shape index (κ2) is 6.36. The fourth-order valence-electron chi connectivity index (χ4n) is 2.15. The molecule has 0 amide bonds. The van der Waals surface area contributed by atoms with Crippen molar-refractivity contribution >= 4 is 11.8 Å². The summed E-state index contributed by atoms with van der Waals surface area (Å²) in [5.74, 6) is 0.128. The minimum atomic E-state index is -0.740. The molecular formula is C13H19N3O3. The van der Waals surface area contributed by atoms with Gasteiger partial charge < -0.3 is 14.7 Å². The van der Waals surface area contributed by atoms with Gasteiger partial charge in [0.15, 0.2) is 5.82 Å². The monoisotopic (exact) mass is 265 g/mol. The van der Waals surface area contributed by atoms with Crippen LogP contribution in [0.3, 0.4) is 0 Å². The van der Waals surface area contributed by atoms with Gasteiger partial charge in [-0.2, -0.15) is 4.98 Å². The van der Waals surface area contributed by atoms with E-state index in [2.05, 4.69) is 9.97 Å². The van der Waals surface area contributed by atoms with E-state index in [1.54, 1.807) is 12.4 Å². The summed E-state index contributed by atoms with van der Waals surface area (Å²) in [5, 5.41) is 9.09. The van der Waals surface area contributed by atoms with E-state index in [1.165, 1.54) is 0 Å². The molecule has 1 atom stereocenters. The molecule has 1 aliphatic heterocycles. The number of piperidine rings is 1. The lowest BCUT2D eigenvalue weighted by Gasteiger charge is -2.31. The van der Waals surface area contributed by atoms with Gasteiger partial charge in [0.2, 0.25) is 5.88 Å². The van der Waals surface area contributed by atoms with E-state index >= 15 is 0 Å². The summed E-state index contributed by atoms with van der Waals surface area (Å²) < 4.78 is 5.44. The molecular weight excluding hydrogens is 246 g/mol. The van der Waals surface area contributed by atoms with Crippen LogP contribution in [0.4, 0.5) is 5.82 Å². The van der Waals surface area contributed by atoms with Gasteiger partial charge >= 0.3 is 5.97 Å². The SMILES string of the molecule is CCCOc1cncc(N2CCCC(C(=O)O)C2)n1. The molecule has 1 aromatic rings. The van der Waals surface area contributed by atoms with Crippen molar-refractivity contribution < 1.29 is 14.6 Å². The highest BCUT2D eigenvalue weighted by atomic mass is 16.5. The van der Waals surface area contributed by atoms with Gasteiger partial charge in [-0.05, 0) is 19.3 Å². The van der Waals surface area contributed by atoms with Crippen LogP contribution >= 0.6 is 0 Å². The molecule has 104 valence electrons. The molecule has 2 heterocycles. The lowest BCUT2D eigenvalue weighted by Crippen LogP contribution is -2.39. The van der Waals surface area contributed by atoms with Crippen molar-refractivity contribution in [2.45, 2.75) is 26.2 Å². The van der Waals surface area contributed by atoms with Crippen LogP contribution in [0.5, 0.6) is 5.88 Å². The highest BCUT2D eigenvalue weighted by molar-refractivity contribution is 5.71. The lowest BCUT2D eigenvalue weighted by atomic mass is 9.98. The first kappa shape index (κ1) is 13.6. The Kier molecular flexibility index (Phi) is 4.54. The van der Waals surface area contributed by atoms with Gasteiger partial charge in [-0.1, -0.05) is 6.92 Å². The molecule has 0 aliphatic carbocycles. The van der Waals surface area contributed by atoms with Gasteiger partial charge in [0, 0.05) is 13.1 Å². The maximum Gasteiger partial charge on any atom is 0.308 e. The second-order valence-corrected chi connectivity index (χ2v) is 4.69. The Hall–Kier alpha value is -1.85. The van der Waals surface area contributed by atoms with Crippen LogP contribution < -0.4 is 9.64 Å². The molecule has 1 aromatic heterocycles. The normalized spacial score (nSPS) is 19.2. The molecule has 1 unspecified atom stereocenters. The van der Waals surface area contributed by atoms with Crippen molar-refractivity contribution in [3.05, 3.63) is 12.4 Å². The largest absolute Gasteiger partial charge is 0.481 e. The molecule has 2 rings (SSSR count). The van der Waals surface area contributed by atoms with Gasteiger partial charge in [0.05, 0.1) is 24.9 Å². The number of carbonyl (C=O) groups is 1. The van der Waals surface area contributed by atoms with Gasteiger partial charge in [0.25, 0.3) is 0 Å². The quantitative estimate of drug-likeness (QED) is 0.871. The maximum absolute atomic E-state index is 11.1. The minimum Gasteiger partial charge on any atom is -0.481 e. The number of hydrogen-bond acceptors (Lipinski definition) is 5. The summed E-state index contributed by atoms with van der Waals surface area (Å²) in [4.78, 5) is 21.5. The van der Waals surface area contributed by atoms with Gasteiger partial charge in [-0.25, -0.2) is 0 Å². The van der Waals surface area contributed by atoms with Crippen LogP contribution in [0.1, 0.15) is 26.2 Å². The number of hydrogen-bond donors (Lipinski definition) is 1. The summed E-state index contributed by atoms with van der Waals surface area (Å²) in [6, 6.07) is 0. The summed E-state index contributed by atoms with van der Waals surface area (Å²) >= 11 is 0. The molecule has 19 heavy (non-hydrogen) atoms. The Labute approximate surface area is 112 Å². The van der Waals surface area contributed by atoms with Crippen LogP contribution in [-0.2, 0) is 4.79 Å². The Balaban J connectivity index is 2.06. The van der Waals surface area contributed by atoms with Gasteiger partial charge in [-0.3, -0.25) is 9.78 Å². The Morgan fingerprint density at radius 3 is 3.16 bits per heavy atom. The molecule has 1 N–H and O–H groups in total. The van der Waals surface area contributed by atoms with Crippen LogP contribution in [-0.4, -0.2) is 40.7 Å². The Bertz CT molecular complexity index is 439. The third kappa shape index (κ3) is 3.56. The smallest absolute Gasteiger partial charge is 0.308 e. The summed E-state index contributed by atoms with van der Waals surface area (Å²) in [7, 11) is 0. The van der Waals surface area contributed by atoms with Crippen LogP contribution in [0.2, 0.25) is 0 Å². The number of rotatable bonds is 5. The highest BCUT2D eigenvalue weighted by Gasteiger charge is 2.26. The van der Waals surface area contributed by atoms with E-state index in [-0.39, 0.29) is 5.92 Å². The average molecular weight is 265 g/mol. The van der Waals surface area contributed by atoms with Crippen molar-refractivity contribution in [1.82, 2.24) is 9.97 Å². The number of aliphatic carboxylic acids is 1. The molecule has 0 bridgehead atoms. The zero-order chi connectivity index (χ0) is 13.7. The molecule has 0 radical (unpaired) electrons. The lowest BCUT2D eigenvalue weighted by molar-refractivity contribution is -0.141. The molecule has 6 heteroatoms. The van der Waals surface area contributed by atoms with Crippen LogP contribution in [0.15, 0.2) is 12.4 Å². The van der Waals surface area contributed by atoms with E-state index in [9.17, 15) is 4.79 Å². The Morgan fingerprint density at radius 2 is 2.42 bits per heavy atom. The molecule has 0 spiro atoms. The maximum atomic E-state index is 11.1. The van der Waals surface area contributed by atoms with Gasteiger partial charge in [0.1, 0.15) is 0 Å². The van der Waals surface area contributed by atoms with Gasteiger partial charge in [-0.15, -0.1) is 0 Å². The van der Waals surface area contributed by atoms with Crippen molar-refractivity contribution in [3.63, 3.8) is 0 Å². The van der Waals surface area contributed by atoms with Crippen molar-refractivity contribution in [2.75, 3.05) is 24.6 Å².